The summed E-state index contributed by atoms with van der Waals surface area (Å²) in [7, 11) is 0. The van der Waals surface area contributed by atoms with E-state index in [2.05, 4.69) is 18.7 Å². The van der Waals surface area contributed by atoms with E-state index in [9.17, 15) is 9.90 Å². The van der Waals surface area contributed by atoms with Crippen LogP contribution in [0.5, 0.6) is 0 Å². The van der Waals surface area contributed by atoms with Crippen molar-refractivity contribution in [1.82, 2.24) is 4.90 Å². The zero-order valence-electron chi connectivity index (χ0n) is 11.8. The lowest BCUT2D eigenvalue weighted by molar-refractivity contribution is -0.145. The minimum Gasteiger partial charge on any atom is -0.480 e. The molecule has 1 aliphatic heterocycles. The van der Waals surface area contributed by atoms with Crippen LogP contribution in [0.15, 0.2) is 11.4 Å². The quantitative estimate of drug-likeness (QED) is 0.864. The predicted octanol–water partition coefficient (Wildman–Crippen LogP) is 3.70. The Hall–Kier alpha value is -0.870. The molecule has 3 nitrogen and oxygen atoms in total. The highest BCUT2D eigenvalue weighted by molar-refractivity contribution is 7.10. The molecule has 106 valence electrons. The number of fused-ring (bicyclic) bond motifs is 1. The number of hydrogen-bond donors (Lipinski definition) is 1. The third-order valence-electron chi connectivity index (χ3n) is 3.95. The van der Waals surface area contributed by atoms with Gasteiger partial charge in [-0.3, -0.25) is 9.69 Å². The molecule has 1 aromatic heterocycles. The molecule has 0 saturated carbocycles. The number of rotatable bonds is 6. The third-order valence-corrected chi connectivity index (χ3v) is 4.95. The highest BCUT2D eigenvalue weighted by Gasteiger charge is 2.36. The molecule has 0 saturated heterocycles. The summed E-state index contributed by atoms with van der Waals surface area (Å²) >= 11 is 1.70. The molecule has 4 heteroatoms. The lowest BCUT2D eigenvalue weighted by Gasteiger charge is -2.39. The summed E-state index contributed by atoms with van der Waals surface area (Å²) in [5.41, 5.74) is 1.03. The van der Waals surface area contributed by atoms with Gasteiger partial charge in [0.25, 0.3) is 0 Å². The molecule has 0 bridgehead atoms. The maximum atomic E-state index is 11.7. The van der Waals surface area contributed by atoms with Gasteiger partial charge in [-0.25, -0.2) is 0 Å². The Morgan fingerprint density at radius 2 is 2.16 bits per heavy atom. The van der Waals surface area contributed by atoms with Gasteiger partial charge in [0.1, 0.15) is 6.04 Å². The molecule has 0 aliphatic carbocycles. The summed E-state index contributed by atoms with van der Waals surface area (Å²) in [6.45, 7) is 5.24. The fraction of sp³-hybridized carbons (Fsp3) is 0.667. The van der Waals surface area contributed by atoms with E-state index in [-0.39, 0.29) is 0 Å². The monoisotopic (exact) mass is 281 g/mol. The Bertz CT molecular complexity index is 424. The van der Waals surface area contributed by atoms with Crippen LogP contribution in [-0.2, 0) is 11.2 Å². The number of hydrogen-bond acceptors (Lipinski definition) is 3. The van der Waals surface area contributed by atoms with Gasteiger partial charge in [-0.05, 0) is 36.3 Å². The van der Waals surface area contributed by atoms with Gasteiger partial charge >= 0.3 is 5.97 Å². The van der Waals surface area contributed by atoms with Crippen molar-refractivity contribution in [2.24, 2.45) is 0 Å². The number of thiophene rings is 1. The molecule has 0 radical (unpaired) electrons. The van der Waals surface area contributed by atoms with E-state index in [1.54, 1.807) is 11.3 Å². The Kier molecular flexibility index (Phi) is 4.99. The van der Waals surface area contributed by atoms with Crippen molar-refractivity contribution in [3.05, 3.63) is 21.9 Å². The molecule has 0 spiro atoms. The number of carboxylic acid groups (broad SMARTS) is 1. The molecule has 1 aromatic rings. The third kappa shape index (κ3) is 3.00. The molecule has 1 atom stereocenters. The smallest absolute Gasteiger partial charge is 0.325 e. The SMILES string of the molecule is CCCC(CCC)N1CCc2sccc2C1C(=O)O. The maximum Gasteiger partial charge on any atom is 0.325 e. The molecule has 2 rings (SSSR count). The summed E-state index contributed by atoms with van der Waals surface area (Å²) in [5.74, 6) is -0.698. The lowest BCUT2D eigenvalue weighted by atomic mass is 9.94. The molecule has 0 fully saturated rings. The van der Waals surface area contributed by atoms with E-state index >= 15 is 0 Å². The van der Waals surface area contributed by atoms with Crippen molar-refractivity contribution in [3.63, 3.8) is 0 Å². The first-order valence-electron chi connectivity index (χ1n) is 7.23. The van der Waals surface area contributed by atoms with Crippen LogP contribution in [0, 0.1) is 0 Å². The van der Waals surface area contributed by atoms with E-state index in [1.807, 2.05) is 11.4 Å². The van der Waals surface area contributed by atoms with Crippen molar-refractivity contribution >= 4 is 17.3 Å². The van der Waals surface area contributed by atoms with Crippen molar-refractivity contribution in [1.29, 1.82) is 0 Å². The molecule has 1 aliphatic rings. The zero-order chi connectivity index (χ0) is 13.8. The molecule has 2 heterocycles. The summed E-state index contributed by atoms with van der Waals surface area (Å²) in [5, 5.41) is 11.6. The van der Waals surface area contributed by atoms with E-state index in [4.69, 9.17) is 0 Å². The summed E-state index contributed by atoms with van der Waals surface area (Å²) in [6.07, 6.45) is 5.42. The molecule has 0 amide bonds. The normalized spacial score (nSPS) is 19.6. The number of carboxylic acids is 1. The topological polar surface area (TPSA) is 40.5 Å². The van der Waals surface area contributed by atoms with Gasteiger partial charge in [-0.1, -0.05) is 26.7 Å². The Morgan fingerprint density at radius 3 is 2.74 bits per heavy atom. The van der Waals surface area contributed by atoms with Gasteiger partial charge in [-0.15, -0.1) is 11.3 Å². The molecule has 19 heavy (non-hydrogen) atoms. The van der Waals surface area contributed by atoms with E-state index in [0.717, 1.165) is 44.2 Å². The van der Waals surface area contributed by atoms with Gasteiger partial charge in [-0.2, -0.15) is 0 Å². The van der Waals surface area contributed by atoms with E-state index < -0.39 is 12.0 Å². The largest absolute Gasteiger partial charge is 0.480 e. The fourth-order valence-electron chi connectivity index (χ4n) is 3.15. The van der Waals surface area contributed by atoms with Crippen molar-refractivity contribution in [2.45, 2.75) is 58.0 Å². The van der Waals surface area contributed by atoms with Crippen LogP contribution in [0.1, 0.15) is 56.0 Å². The average molecular weight is 281 g/mol. The summed E-state index contributed by atoms with van der Waals surface area (Å²) in [6, 6.07) is 1.97. The standard InChI is InChI=1S/C15H23NO2S/c1-3-5-11(6-4-2)16-9-7-13-12(8-10-19-13)14(16)15(17)18/h8,10-11,14H,3-7,9H2,1-2H3,(H,17,18). The van der Waals surface area contributed by atoms with E-state index in [0.29, 0.717) is 6.04 Å². The summed E-state index contributed by atoms with van der Waals surface area (Å²) in [4.78, 5) is 15.2. The van der Waals surface area contributed by atoms with Crippen LogP contribution in [0.3, 0.4) is 0 Å². The fourth-order valence-corrected chi connectivity index (χ4v) is 4.05. The average Bonchev–Trinajstić information content (AvgIpc) is 2.85. The second-order valence-corrected chi connectivity index (χ2v) is 6.26. The number of nitrogens with zero attached hydrogens (tertiary/aromatic N) is 1. The van der Waals surface area contributed by atoms with E-state index in [1.165, 1.54) is 4.88 Å². The predicted molar refractivity (Wildman–Crippen MR) is 78.7 cm³/mol. The van der Waals surface area contributed by atoms with Crippen LogP contribution in [-0.4, -0.2) is 28.6 Å². The van der Waals surface area contributed by atoms with Gasteiger partial charge in [0.05, 0.1) is 0 Å². The van der Waals surface area contributed by atoms with Crippen LogP contribution >= 0.6 is 11.3 Å². The molecular weight excluding hydrogens is 258 g/mol. The number of aliphatic carboxylic acids is 1. The first-order valence-corrected chi connectivity index (χ1v) is 8.11. The van der Waals surface area contributed by atoms with Crippen molar-refractivity contribution < 1.29 is 9.90 Å². The van der Waals surface area contributed by atoms with Crippen LogP contribution < -0.4 is 0 Å². The van der Waals surface area contributed by atoms with Gasteiger partial charge in [0, 0.05) is 17.5 Å². The number of carbonyl (C=O) groups is 1. The second kappa shape index (κ2) is 6.53. The van der Waals surface area contributed by atoms with Crippen LogP contribution in [0.2, 0.25) is 0 Å². The van der Waals surface area contributed by atoms with Gasteiger partial charge in [0.15, 0.2) is 0 Å². The highest BCUT2D eigenvalue weighted by Crippen LogP contribution is 2.36. The van der Waals surface area contributed by atoms with Crippen molar-refractivity contribution in [3.8, 4) is 0 Å². The minimum atomic E-state index is -0.698. The van der Waals surface area contributed by atoms with Crippen molar-refractivity contribution in [2.75, 3.05) is 6.54 Å². The Morgan fingerprint density at radius 1 is 1.47 bits per heavy atom. The van der Waals surface area contributed by atoms with Gasteiger partial charge < -0.3 is 5.11 Å². The highest BCUT2D eigenvalue weighted by atomic mass is 32.1. The Balaban J connectivity index is 2.26. The molecular formula is C15H23NO2S. The van der Waals surface area contributed by atoms with Crippen LogP contribution in [0.4, 0.5) is 0 Å². The lowest BCUT2D eigenvalue weighted by Crippen LogP contribution is -2.45. The first-order chi connectivity index (χ1) is 9.19. The maximum absolute atomic E-state index is 11.7. The molecule has 1 unspecified atom stereocenters. The molecule has 0 aromatic carbocycles. The Labute approximate surface area is 119 Å². The molecule has 1 N–H and O–H groups in total. The minimum absolute atomic E-state index is 0.407. The first kappa shape index (κ1) is 14.5. The summed E-state index contributed by atoms with van der Waals surface area (Å²) < 4.78 is 0. The van der Waals surface area contributed by atoms with Crippen LogP contribution in [0.25, 0.3) is 0 Å². The second-order valence-electron chi connectivity index (χ2n) is 5.26. The zero-order valence-corrected chi connectivity index (χ0v) is 12.6. The van der Waals surface area contributed by atoms with Gasteiger partial charge in [0.2, 0.25) is 0 Å².